The Morgan fingerprint density at radius 1 is 1.19 bits per heavy atom. The lowest BCUT2D eigenvalue weighted by Crippen LogP contribution is -2.40. The van der Waals surface area contributed by atoms with E-state index in [-0.39, 0.29) is 16.9 Å². The molecule has 7 heteroatoms. The molecule has 0 aromatic carbocycles. The number of aromatic amines is 1. The third kappa shape index (κ3) is 4.93. The zero-order valence-electron chi connectivity index (χ0n) is 16.1. The van der Waals surface area contributed by atoms with E-state index >= 15 is 0 Å². The predicted molar refractivity (Wildman–Crippen MR) is 102 cm³/mol. The SMILES string of the molecule is CC(C)(C)c1ccc(OCC2CCN(C(=O)c3cccc(=O)[nH]3)CC2)nn1. The van der Waals surface area contributed by atoms with Crippen molar-refractivity contribution in [2.75, 3.05) is 19.7 Å². The van der Waals surface area contributed by atoms with Crippen LogP contribution in [0.3, 0.4) is 0 Å². The molecule has 1 saturated heterocycles. The van der Waals surface area contributed by atoms with Crippen molar-refractivity contribution in [1.82, 2.24) is 20.1 Å². The van der Waals surface area contributed by atoms with Crippen LogP contribution >= 0.6 is 0 Å². The normalized spacial score (nSPS) is 15.6. The summed E-state index contributed by atoms with van der Waals surface area (Å²) >= 11 is 0. The fourth-order valence-electron chi connectivity index (χ4n) is 3.05. The largest absolute Gasteiger partial charge is 0.476 e. The van der Waals surface area contributed by atoms with Crippen LogP contribution in [0, 0.1) is 5.92 Å². The molecule has 2 aromatic heterocycles. The second-order valence-corrected chi connectivity index (χ2v) is 7.98. The Morgan fingerprint density at radius 3 is 2.52 bits per heavy atom. The molecular weight excluding hydrogens is 344 g/mol. The van der Waals surface area contributed by atoms with Crippen molar-refractivity contribution in [1.29, 1.82) is 0 Å². The van der Waals surface area contributed by atoms with Crippen LogP contribution in [0.2, 0.25) is 0 Å². The maximum atomic E-state index is 12.5. The quantitative estimate of drug-likeness (QED) is 0.893. The average Bonchev–Trinajstić information content (AvgIpc) is 2.66. The Labute approximate surface area is 158 Å². The summed E-state index contributed by atoms with van der Waals surface area (Å²) in [6.45, 7) is 8.15. The highest BCUT2D eigenvalue weighted by atomic mass is 16.5. The summed E-state index contributed by atoms with van der Waals surface area (Å²) in [6, 6.07) is 8.44. The van der Waals surface area contributed by atoms with Crippen molar-refractivity contribution in [2.45, 2.75) is 39.0 Å². The number of carbonyl (C=O) groups is 1. The third-order valence-electron chi connectivity index (χ3n) is 4.78. The van der Waals surface area contributed by atoms with E-state index in [9.17, 15) is 9.59 Å². The number of hydrogen-bond acceptors (Lipinski definition) is 5. The molecule has 0 bridgehead atoms. The van der Waals surface area contributed by atoms with Gasteiger partial charge in [-0.3, -0.25) is 9.59 Å². The number of likely N-dealkylation sites (tertiary alicyclic amines) is 1. The zero-order valence-corrected chi connectivity index (χ0v) is 16.1. The number of nitrogens with zero attached hydrogens (tertiary/aromatic N) is 3. The van der Waals surface area contributed by atoms with Gasteiger partial charge in [-0.05, 0) is 30.9 Å². The maximum Gasteiger partial charge on any atom is 0.270 e. The van der Waals surface area contributed by atoms with E-state index in [1.165, 1.54) is 6.07 Å². The van der Waals surface area contributed by atoms with Crippen LogP contribution < -0.4 is 10.3 Å². The highest BCUT2D eigenvalue weighted by molar-refractivity contribution is 5.92. The molecule has 144 valence electrons. The first-order valence-electron chi connectivity index (χ1n) is 9.28. The van der Waals surface area contributed by atoms with Crippen molar-refractivity contribution in [3.05, 3.63) is 52.1 Å². The van der Waals surface area contributed by atoms with Gasteiger partial charge in [0, 0.05) is 30.6 Å². The molecule has 1 aliphatic heterocycles. The molecule has 0 radical (unpaired) electrons. The van der Waals surface area contributed by atoms with Crippen LogP contribution in [-0.4, -0.2) is 45.7 Å². The molecule has 1 aliphatic rings. The third-order valence-corrected chi connectivity index (χ3v) is 4.78. The highest BCUT2D eigenvalue weighted by Gasteiger charge is 2.24. The van der Waals surface area contributed by atoms with Gasteiger partial charge in [-0.15, -0.1) is 5.10 Å². The Kier molecular flexibility index (Phi) is 5.58. The van der Waals surface area contributed by atoms with Gasteiger partial charge in [0.25, 0.3) is 5.91 Å². The van der Waals surface area contributed by atoms with Crippen LogP contribution in [0.1, 0.15) is 49.8 Å². The predicted octanol–water partition coefficient (Wildman–Crippen LogP) is 2.39. The molecule has 0 unspecified atom stereocenters. The van der Waals surface area contributed by atoms with E-state index in [2.05, 4.69) is 36.0 Å². The number of nitrogens with one attached hydrogen (secondary N) is 1. The van der Waals surface area contributed by atoms with Gasteiger partial charge < -0.3 is 14.6 Å². The molecule has 0 saturated carbocycles. The average molecular weight is 370 g/mol. The fourth-order valence-corrected chi connectivity index (χ4v) is 3.05. The number of H-pyrrole nitrogens is 1. The summed E-state index contributed by atoms with van der Waals surface area (Å²) in [5.41, 5.74) is 0.975. The van der Waals surface area contributed by atoms with E-state index < -0.39 is 0 Å². The van der Waals surface area contributed by atoms with Crippen molar-refractivity contribution in [3.8, 4) is 5.88 Å². The monoisotopic (exact) mass is 370 g/mol. The second kappa shape index (κ2) is 7.90. The van der Waals surface area contributed by atoms with Gasteiger partial charge in [-0.1, -0.05) is 26.8 Å². The van der Waals surface area contributed by atoms with Gasteiger partial charge in [0.1, 0.15) is 5.69 Å². The minimum Gasteiger partial charge on any atom is -0.476 e. The minimum absolute atomic E-state index is 0.0338. The van der Waals surface area contributed by atoms with Crippen molar-refractivity contribution < 1.29 is 9.53 Å². The smallest absolute Gasteiger partial charge is 0.270 e. The summed E-state index contributed by atoms with van der Waals surface area (Å²) in [5.74, 6) is 0.770. The lowest BCUT2D eigenvalue weighted by atomic mass is 9.92. The number of hydrogen-bond donors (Lipinski definition) is 1. The number of pyridine rings is 1. The first kappa shape index (κ1) is 19.1. The number of rotatable bonds is 4. The summed E-state index contributed by atoms with van der Waals surface area (Å²) in [6.07, 6.45) is 1.71. The van der Waals surface area contributed by atoms with Gasteiger partial charge in [0.15, 0.2) is 0 Å². The Balaban J connectivity index is 1.48. The van der Waals surface area contributed by atoms with Crippen LogP contribution in [0.4, 0.5) is 0 Å². The van der Waals surface area contributed by atoms with Gasteiger partial charge >= 0.3 is 0 Å². The number of carbonyl (C=O) groups excluding carboxylic acids is 1. The number of aromatic nitrogens is 3. The van der Waals surface area contributed by atoms with Crippen molar-refractivity contribution >= 4 is 5.91 Å². The van der Waals surface area contributed by atoms with Gasteiger partial charge in [-0.2, -0.15) is 5.10 Å². The molecule has 27 heavy (non-hydrogen) atoms. The summed E-state index contributed by atoms with van der Waals surface area (Å²) < 4.78 is 5.78. The molecule has 1 amide bonds. The fraction of sp³-hybridized carbons (Fsp3) is 0.500. The van der Waals surface area contributed by atoms with Crippen LogP contribution in [-0.2, 0) is 5.41 Å². The van der Waals surface area contributed by atoms with Crippen molar-refractivity contribution in [3.63, 3.8) is 0 Å². The Hall–Kier alpha value is -2.70. The van der Waals surface area contributed by atoms with Gasteiger partial charge in [-0.25, -0.2) is 0 Å². The van der Waals surface area contributed by atoms with E-state index in [0.717, 1.165) is 18.5 Å². The number of amides is 1. The first-order chi connectivity index (χ1) is 12.8. The maximum absolute atomic E-state index is 12.5. The lowest BCUT2D eigenvalue weighted by molar-refractivity contribution is 0.0653. The molecule has 3 heterocycles. The highest BCUT2D eigenvalue weighted by Crippen LogP contribution is 2.22. The van der Waals surface area contributed by atoms with Gasteiger partial charge in [0.2, 0.25) is 11.4 Å². The zero-order chi connectivity index (χ0) is 19.4. The van der Waals surface area contributed by atoms with E-state index in [1.54, 1.807) is 17.0 Å². The van der Waals surface area contributed by atoms with Crippen LogP contribution in [0.25, 0.3) is 0 Å². The van der Waals surface area contributed by atoms with E-state index in [0.29, 0.717) is 37.2 Å². The molecule has 1 N–H and O–H groups in total. The molecule has 0 atom stereocenters. The summed E-state index contributed by atoms with van der Waals surface area (Å²) in [5, 5.41) is 8.38. The molecule has 0 spiro atoms. The Bertz CT molecular complexity index is 831. The van der Waals surface area contributed by atoms with Crippen molar-refractivity contribution in [2.24, 2.45) is 5.92 Å². The Morgan fingerprint density at radius 2 is 1.93 bits per heavy atom. The molecule has 1 fully saturated rings. The van der Waals surface area contributed by atoms with E-state index in [1.807, 2.05) is 12.1 Å². The number of piperidine rings is 1. The summed E-state index contributed by atoms with van der Waals surface area (Å²) in [4.78, 5) is 28.2. The molecule has 0 aliphatic carbocycles. The molecular formula is C20H26N4O3. The van der Waals surface area contributed by atoms with Crippen LogP contribution in [0.15, 0.2) is 35.1 Å². The van der Waals surface area contributed by atoms with Gasteiger partial charge in [0.05, 0.1) is 12.3 Å². The molecule has 3 rings (SSSR count). The summed E-state index contributed by atoms with van der Waals surface area (Å²) in [7, 11) is 0. The molecule has 7 nitrogen and oxygen atoms in total. The molecule has 2 aromatic rings. The second-order valence-electron chi connectivity index (χ2n) is 7.98. The number of ether oxygens (including phenoxy) is 1. The minimum atomic E-state index is -0.261. The first-order valence-corrected chi connectivity index (χ1v) is 9.28. The van der Waals surface area contributed by atoms with Crippen LogP contribution in [0.5, 0.6) is 5.88 Å². The standard InChI is InChI=1S/C20H26N4O3/c1-20(2,3)16-7-8-18(23-22-16)27-13-14-9-11-24(12-10-14)19(26)15-5-4-6-17(25)21-15/h4-8,14H,9-13H2,1-3H3,(H,21,25). The van der Waals surface area contributed by atoms with E-state index in [4.69, 9.17) is 4.74 Å². The topological polar surface area (TPSA) is 88.2 Å². The lowest BCUT2D eigenvalue weighted by Gasteiger charge is -2.31.